The second kappa shape index (κ2) is 2.70. The van der Waals surface area contributed by atoms with Gasteiger partial charge in [0.05, 0.1) is 12.4 Å². The third kappa shape index (κ3) is 1.16. The molecule has 2 rings (SSSR count). The molecular weight excluding hydrogens is 150 g/mol. The molecule has 1 aromatic rings. The van der Waals surface area contributed by atoms with Crippen molar-refractivity contribution in [2.75, 3.05) is 5.73 Å². The van der Waals surface area contributed by atoms with Crippen molar-refractivity contribution in [1.82, 2.24) is 5.43 Å². The number of nitrogens with two attached hydrogens (primary N) is 1. The third-order valence-corrected chi connectivity index (χ3v) is 1.70. The Labute approximate surface area is 70.6 Å². The summed E-state index contributed by atoms with van der Waals surface area (Å²) in [4.78, 5) is 0. The molecule has 59 valence electrons. The molecule has 12 heavy (non-hydrogen) atoms. The fourth-order valence-corrected chi connectivity index (χ4v) is 1.05. The lowest BCUT2D eigenvalue weighted by molar-refractivity contribution is 0.977. The predicted molar refractivity (Wildman–Crippen MR) is 49.5 cm³/mol. The lowest BCUT2D eigenvalue weighted by atomic mass is 10.1. The Bertz CT molecular complexity index is 335. The van der Waals surface area contributed by atoms with E-state index in [0.29, 0.717) is 0 Å². The molecule has 0 saturated carbocycles. The highest BCUT2D eigenvalue weighted by molar-refractivity contribution is 6.10. The molecule has 0 unspecified atom stereocenters. The number of rotatable bonds is 1. The Balaban J connectivity index is 2.35. The summed E-state index contributed by atoms with van der Waals surface area (Å²) in [6, 6.07) is 7.63. The van der Waals surface area contributed by atoms with Crippen molar-refractivity contribution in [1.29, 1.82) is 0 Å². The van der Waals surface area contributed by atoms with E-state index in [-0.39, 0.29) is 0 Å². The summed E-state index contributed by atoms with van der Waals surface area (Å²) in [7, 11) is 0. The van der Waals surface area contributed by atoms with Crippen molar-refractivity contribution in [2.45, 2.75) is 0 Å². The largest absolute Gasteiger partial charge is 0.399 e. The lowest BCUT2D eigenvalue weighted by Gasteiger charge is -1.97. The normalized spacial score (nSPS) is 14.2. The van der Waals surface area contributed by atoms with E-state index in [1.54, 1.807) is 12.4 Å². The molecule has 0 aromatic heterocycles. The molecule has 0 fully saturated rings. The highest BCUT2D eigenvalue weighted by Crippen LogP contribution is 2.15. The van der Waals surface area contributed by atoms with Crippen LogP contribution in [0.4, 0.5) is 5.69 Å². The first-order valence-electron chi connectivity index (χ1n) is 3.65. The Hall–Kier alpha value is -1.77. The molecule has 0 amide bonds. The van der Waals surface area contributed by atoms with Gasteiger partial charge in [0, 0.05) is 11.3 Å². The van der Waals surface area contributed by atoms with Gasteiger partial charge in [-0.1, -0.05) is 12.1 Å². The van der Waals surface area contributed by atoms with Gasteiger partial charge in [-0.2, -0.15) is 10.5 Å². The summed E-state index contributed by atoms with van der Waals surface area (Å²) in [6.07, 6.45) is 3.46. The Kier molecular flexibility index (Phi) is 1.55. The highest BCUT2D eigenvalue weighted by atomic mass is 15.3. The van der Waals surface area contributed by atoms with Crippen LogP contribution in [0.3, 0.4) is 0 Å². The number of nitrogens with zero attached hydrogens (tertiary/aromatic N) is 2. The van der Waals surface area contributed by atoms with E-state index < -0.39 is 0 Å². The molecule has 1 radical (unpaired) electrons. The van der Waals surface area contributed by atoms with Crippen LogP contribution < -0.4 is 11.2 Å². The van der Waals surface area contributed by atoms with Crippen molar-refractivity contribution in [3.8, 4) is 0 Å². The molecule has 0 atom stereocenters. The van der Waals surface area contributed by atoms with Crippen LogP contribution in [0, 0.1) is 0 Å². The van der Waals surface area contributed by atoms with Gasteiger partial charge in [0.15, 0.2) is 0 Å². The second-order valence-corrected chi connectivity index (χ2v) is 2.57. The van der Waals surface area contributed by atoms with E-state index in [1.807, 2.05) is 24.3 Å². The minimum atomic E-state index is 0.770. The van der Waals surface area contributed by atoms with E-state index in [4.69, 9.17) is 5.73 Å². The van der Waals surface area contributed by atoms with Gasteiger partial charge in [-0.25, -0.2) is 0 Å². The van der Waals surface area contributed by atoms with Crippen LogP contribution in [-0.2, 0) is 0 Å². The van der Waals surface area contributed by atoms with Gasteiger partial charge in [-0.3, -0.25) is 0 Å². The summed E-state index contributed by atoms with van der Waals surface area (Å²) in [6.45, 7) is 0. The molecule has 0 bridgehead atoms. The van der Waals surface area contributed by atoms with E-state index in [1.165, 1.54) is 0 Å². The predicted octanol–water partition coefficient (Wildman–Crippen LogP) is 1.21. The zero-order chi connectivity index (χ0) is 8.39. The maximum Gasteiger partial charge on any atom is 0.0590 e. The molecule has 0 spiro atoms. The molecule has 1 aliphatic heterocycles. The smallest absolute Gasteiger partial charge is 0.0590 e. The van der Waals surface area contributed by atoms with Crippen LogP contribution >= 0.6 is 0 Å². The van der Waals surface area contributed by atoms with Gasteiger partial charge in [-0.15, -0.1) is 0 Å². The molecule has 0 saturated heterocycles. The van der Waals surface area contributed by atoms with Crippen LogP contribution in [0.25, 0.3) is 5.57 Å². The number of hydrogen-bond donors (Lipinski definition) is 1. The molecule has 1 aliphatic rings. The fraction of sp³-hybridized carbons (Fsp3) is 0. The second-order valence-electron chi connectivity index (χ2n) is 2.57. The topological polar surface area (TPSA) is 52.5 Å². The molecule has 0 aliphatic carbocycles. The SMILES string of the molecule is Nc1ccc(C2=C[N]N=C2)cc1. The molecule has 3 heteroatoms. The maximum absolute atomic E-state index is 5.55. The van der Waals surface area contributed by atoms with Gasteiger partial charge in [0.2, 0.25) is 0 Å². The number of anilines is 1. The van der Waals surface area contributed by atoms with E-state index in [0.717, 1.165) is 16.8 Å². The quantitative estimate of drug-likeness (QED) is 0.614. The van der Waals surface area contributed by atoms with E-state index in [9.17, 15) is 0 Å². The zero-order valence-electron chi connectivity index (χ0n) is 6.44. The van der Waals surface area contributed by atoms with Crippen LogP contribution in [-0.4, -0.2) is 6.21 Å². The van der Waals surface area contributed by atoms with Gasteiger partial charge in [0.1, 0.15) is 0 Å². The zero-order valence-corrected chi connectivity index (χ0v) is 6.44. The molecular formula is C9H8N3. The molecule has 1 aromatic carbocycles. The summed E-state index contributed by atoms with van der Waals surface area (Å²) in [5.41, 5.74) is 12.2. The first kappa shape index (κ1) is 6.91. The van der Waals surface area contributed by atoms with Gasteiger partial charge in [0.25, 0.3) is 0 Å². The van der Waals surface area contributed by atoms with Crippen molar-refractivity contribution in [2.24, 2.45) is 5.10 Å². The average molecular weight is 158 g/mol. The van der Waals surface area contributed by atoms with Gasteiger partial charge in [-0.05, 0) is 17.7 Å². The summed E-state index contributed by atoms with van der Waals surface area (Å²) < 4.78 is 0. The average Bonchev–Trinajstić information content (AvgIpc) is 2.58. The van der Waals surface area contributed by atoms with Gasteiger partial charge >= 0.3 is 0 Å². The standard InChI is InChI=1S/C9H8N3/c10-9-3-1-7(2-4-9)8-5-11-12-6-8/h1-6H,10H2. The molecule has 1 heterocycles. The van der Waals surface area contributed by atoms with Crippen molar-refractivity contribution >= 4 is 17.5 Å². The maximum atomic E-state index is 5.55. The third-order valence-electron chi connectivity index (χ3n) is 1.70. The first-order chi connectivity index (χ1) is 5.86. The van der Waals surface area contributed by atoms with E-state index >= 15 is 0 Å². The number of hydrogen-bond acceptors (Lipinski definition) is 2. The lowest BCUT2D eigenvalue weighted by Crippen LogP contribution is -1.86. The number of allylic oxidation sites excluding steroid dienone is 1. The monoisotopic (exact) mass is 158 g/mol. The minimum absolute atomic E-state index is 0.770. The Morgan fingerprint density at radius 3 is 2.42 bits per heavy atom. The Morgan fingerprint density at radius 2 is 1.83 bits per heavy atom. The Morgan fingerprint density at radius 1 is 1.08 bits per heavy atom. The molecule has 3 nitrogen and oxygen atoms in total. The van der Waals surface area contributed by atoms with Crippen LogP contribution in [0.1, 0.15) is 5.56 Å². The van der Waals surface area contributed by atoms with Crippen LogP contribution in [0.5, 0.6) is 0 Å². The van der Waals surface area contributed by atoms with Crippen molar-refractivity contribution < 1.29 is 0 Å². The minimum Gasteiger partial charge on any atom is -0.399 e. The van der Waals surface area contributed by atoms with Crippen molar-refractivity contribution in [3.05, 3.63) is 36.0 Å². The number of nitrogen functional groups attached to an aromatic ring is 1. The van der Waals surface area contributed by atoms with Crippen LogP contribution in [0.2, 0.25) is 0 Å². The number of benzene rings is 1. The summed E-state index contributed by atoms with van der Waals surface area (Å²) in [5.74, 6) is 0. The van der Waals surface area contributed by atoms with E-state index in [2.05, 4.69) is 10.5 Å². The highest BCUT2D eigenvalue weighted by Gasteiger charge is 2.02. The first-order valence-corrected chi connectivity index (χ1v) is 3.65. The van der Waals surface area contributed by atoms with Gasteiger partial charge < -0.3 is 5.73 Å². The molecule has 2 N–H and O–H groups in total. The fourth-order valence-electron chi connectivity index (χ4n) is 1.05. The van der Waals surface area contributed by atoms with Crippen molar-refractivity contribution in [3.63, 3.8) is 0 Å². The summed E-state index contributed by atoms with van der Waals surface area (Å²) in [5, 5.41) is 3.74. The summed E-state index contributed by atoms with van der Waals surface area (Å²) >= 11 is 0. The van der Waals surface area contributed by atoms with Crippen LogP contribution in [0.15, 0.2) is 35.6 Å².